The number of aromatic nitrogens is 1. The minimum Gasteiger partial charge on any atom is -0.444 e. The number of ether oxygens (including phenoxy) is 1. The van der Waals surface area contributed by atoms with E-state index in [0.29, 0.717) is 0 Å². The van der Waals surface area contributed by atoms with Crippen LogP contribution in [0.4, 0.5) is 30.8 Å². The fraction of sp³-hybridized carbons (Fsp3) is 0.316. The minimum atomic E-state index is -0.906. The molecule has 2 aromatic rings. The van der Waals surface area contributed by atoms with Crippen molar-refractivity contribution in [3.63, 3.8) is 0 Å². The first kappa shape index (κ1) is 21.1. The summed E-state index contributed by atoms with van der Waals surface area (Å²) in [5.41, 5.74) is -0.219. The van der Waals surface area contributed by atoms with Crippen molar-refractivity contribution in [2.24, 2.45) is 0 Å². The van der Waals surface area contributed by atoms with Gasteiger partial charge in [-0.1, -0.05) is 0 Å². The molecule has 0 saturated heterocycles. The highest BCUT2D eigenvalue weighted by Gasteiger charge is 2.21. The maximum Gasteiger partial charge on any atom is 0.408 e. The molecule has 0 bridgehead atoms. The number of amides is 2. The van der Waals surface area contributed by atoms with Crippen LogP contribution in [0.5, 0.6) is 0 Å². The average molecular weight is 392 g/mol. The van der Waals surface area contributed by atoms with Crippen LogP contribution in [0, 0.1) is 11.6 Å². The Morgan fingerprint density at radius 2 is 1.75 bits per heavy atom. The van der Waals surface area contributed by atoms with Crippen molar-refractivity contribution >= 4 is 29.2 Å². The van der Waals surface area contributed by atoms with Gasteiger partial charge in [-0.15, -0.1) is 0 Å². The Kier molecular flexibility index (Phi) is 6.50. The number of hydrogen-bond donors (Lipinski definition) is 3. The highest BCUT2D eigenvalue weighted by atomic mass is 19.1. The van der Waals surface area contributed by atoms with E-state index in [4.69, 9.17) is 4.74 Å². The predicted octanol–water partition coefficient (Wildman–Crippen LogP) is 3.96. The van der Waals surface area contributed by atoms with Crippen LogP contribution < -0.4 is 16.0 Å². The summed E-state index contributed by atoms with van der Waals surface area (Å²) in [6.07, 6.45) is 0.273. The predicted molar refractivity (Wildman–Crippen MR) is 101 cm³/mol. The van der Waals surface area contributed by atoms with Gasteiger partial charge in [-0.25, -0.2) is 18.6 Å². The van der Waals surface area contributed by atoms with Crippen molar-refractivity contribution < 1.29 is 23.1 Å². The second-order valence-electron chi connectivity index (χ2n) is 7.03. The SMILES string of the molecule is CC(NC(=O)OC(C)(C)C)C(=O)Nc1ccc(F)cc1Nc1ccc(F)cn1. The third kappa shape index (κ3) is 6.49. The molecule has 1 aromatic heterocycles. The van der Waals surface area contributed by atoms with Gasteiger partial charge < -0.3 is 20.7 Å². The van der Waals surface area contributed by atoms with Gasteiger partial charge >= 0.3 is 6.09 Å². The molecule has 1 atom stereocenters. The van der Waals surface area contributed by atoms with Gasteiger partial charge in [0.2, 0.25) is 5.91 Å². The van der Waals surface area contributed by atoms with E-state index >= 15 is 0 Å². The van der Waals surface area contributed by atoms with Crippen molar-refractivity contribution in [2.75, 3.05) is 10.6 Å². The number of carbonyl (C=O) groups is 2. The normalized spacial score (nSPS) is 12.1. The number of halogens is 2. The lowest BCUT2D eigenvalue weighted by Crippen LogP contribution is -2.44. The quantitative estimate of drug-likeness (QED) is 0.716. The monoisotopic (exact) mass is 392 g/mol. The number of nitrogens with one attached hydrogen (secondary N) is 3. The van der Waals surface area contributed by atoms with Gasteiger partial charge in [0.15, 0.2) is 0 Å². The first-order valence-electron chi connectivity index (χ1n) is 8.52. The summed E-state index contributed by atoms with van der Waals surface area (Å²) in [6, 6.07) is 5.35. The molecule has 1 aromatic carbocycles. The fourth-order valence-corrected chi connectivity index (χ4v) is 2.11. The van der Waals surface area contributed by atoms with Crippen molar-refractivity contribution in [2.45, 2.75) is 39.3 Å². The van der Waals surface area contributed by atoms with Gasteiger partial charge in [-0.3, -0.25) is 4.79 Å². The molecule has 2 amide bonds. The van der Waals surface area contributed by atoms with Crippen molar-refractivity contribution in [3.05, 3.63) is 48.2 Å². The van der Waals surface area contributed by atoms with E-state index in [2.05, 4.69) is 20.9 Å². The van der Waals surface area contributed by atoms with Crippen LogP contribution in [0.3, 0.4) is 0 Å². The number of alkyl carbamates (subject to hydrolysis) is 1. The highest BCUT2D eigenvalue weighted by molar-refractivity contribution is 5.99. The highest BCUT2D eigenvalue weighted by Crippen LogP contribution is 2.26. The first-order chi connectivity index (χ1) is 13.0. The number of carbonyl (C=O) groups excluding carboxylic acids is 2. The number of nitrogens with zero attached hydrogens (tertiary/aromatic N) is 1. The number of hydrogen-bond acceptors (Lipinski definition) is 5. The minimum absolute atomic E-state index is 0.219. The van der Waals surface area contributed by atoms with Gasteiger partial charge in [0.05, 0.1) is 17.6 Å². The summed E-state index contributed by atoms with van der Waals surface area (Å²) in [5.74, 6) is -1.32. The summed E-state index contributed by atoms with van der Waals surface area (Å²) in [5, 5.41) is 7.83. The van der Waals surface area contributed by atoms with Crippen LogP contribution >= 0.6 is 0 Å². The van der Waals surface area contributed by atoms with Crippen LogP contribution in [0.25, 0.3) is 0 Å². The largest absolute Gasteiger partial charge is 0.444 e. The zero-order valence-electron chi connectivity index (χ0n) is 16.0. The summed E-state index contributed by atoms with van der Waals surface area (Å²) < 4.78 is 31.7. The molecule has 150 valence electrons. The van der Waals surface area contributed by atoms with Gasteiger partial charge in [-0.05, 0) is 58.0 Å². The Balaban J connectivity index is 2.09. The molecule has 7 nitrogen and oxygen atoms in total. The zero-order valence-corrected chi connectivity index (χ0v) is 16.0. The number of pyridine rings is 1. The van der Waals surface area contributed by atoms with E-state index in [9.17, 15) is 18.4 Å². The molecule has 0 spiro atoms. The van der Waals surface area contributed by atoms with Crippen LogP contribution in [-0.4, -0.2) is 28.6 Å². The van der Waals surface area contributed by atoms with Crippen LogP contribution in [-0.2, 0) is 9.53 Å². The van der Waals surface area contributed by atoms with E-state index in [1.54, 1.807) is 20.8 Å². The Hall–Kier alpha value is -3.23. The molecular formula is C19H22F2N4O3. The van der Waals surface area contributed by atoms with E-state index in [-0.39, 0.29) is 17.2 Å². The molecule has 0 fully saturated rings. The van der Waals surface area contributed by atoms with E-state index in [1.807, 2.05) is 0 Å². The molecular weight excluding hydrogens is 370 g/mol. The summed E-state index contributed by atoms with van der Waals surface area (Å²) in [6.45, 7) is 6.60. The lowest BCUT2D eigenvalue weighted by molar-refractivity contribution is -0.117. The van der Waals surface area contributed by atoms with Crippen LogP contribution in [0.1, 0.15) is 27.7 Å². The molecule has 0 aliphatic heterocycles. The fourth-order valence-electron chi connectivity index (χ4n) is 2.11. The van der Waals surface area contributed by atoms with Crippen molar-refractivity contribution in [1.82, 2.24) is 10.3 Å². The Labute approximate surface area is 161 Å². The van der Waals surface area contributed by atoms with Crippen LogP contribution in [0.2, 0.25) is 0 Å². The molecule has 2 rings (SSSR count). The number of anilines is 3. The number of rotatable bonds is 5. The molecule has 0 radical (unpaired) electrons. The standard InChI is InChI=1S/C19H22F2N4O3/c1-11(23-18(27)28-19(2,3)4)17(26)25-14-7-5-12(20)9-15(14)24-16-8-6-13(21)10-22-16/h5-11H,1-4H3,(H,22,24)(H,23,27)(H,25,26). The molecule has 0 aliphatic carbocycles. The van der Waals surface area contributed by atoms with Gasteiger partial charge in [0.1, 0.15) is 29.1 Å². The average Bonchev–Trinajstić information content (AvgIpc) is 2.57. The van der Waals surface area contributed by atoms with Gasteiger partial charge in [-0.2, -0.15) is 0 Å². The van der Waals surface area contributed by atoms with E-state index in [1.165, 1.54) is 31.2 Å². The summed E-state index contributed by atoms with van der Waals surface area (Å²) in [4.78, 5) is 28.0. The van der Waals surface area contributed by atoms with Gasteiger partial charge in [0, 0.05) is 0 Å². The third-order valence-electron chi connectivity index (χ3n) is 3.36. The first-order valence-corrected chi connectivity index (χ1v) is 8.52. The Bertz CT molecular complexity index is 851. The smallest absolute Gasteiger partial charge is 0.408 e. The third-order valence-corrected chi connectivity index (χ3v) is 3.36. The van der Waals surface area contributed by atoms with E-state index in [0.717, 1.165) is 12.3 Å². The molecule has 0 saturated carbocycles. The topological polar surface area (TPSA) is 92.3 Å². The lowest BCUT2D eigenvalue weighted by Gasteiger charge is -2.22. The molecule has 1 unspecified atom stereocenters. The Morgan fingerprint density at radius 3 is 2.36 bits per heavy atom. The molecule has 9 heteroatoms. The lowest BCUT2D eigenvalue weighted by atomic mass is 10.2. The second-order valence-corrected chi connectivity index (χ2v) is 7.03. The molecule has 1 heterocycles. The maximum absolute atomic E-state index is 13.6. The summed E-state index contributed by atoms with van der Waals surface area (Å²) >= 11 is 0. The molecule has 28 heavy (non-hydrogen) atoms. The summed E-state index contributed by atoms with van der Waals surface area (Å²) in [7, 11) is 0. The zero-order chi connectivity index (χ0) is 20.9. The molecule has 0 aliphatic rings. The van der Waals surface area contributed by atoms with Gasteiger partial charge in [0.25, 0.3) is 0 Å². The van der Waals surface area contributed by atoms with E-state index < -0.39 is 35.3 Å². The number of benzene rings is 1. The molecule has 3 N–H and O–H groups in total. The van der Waals surface area contributed by atoms with Crippen LogP contribution in [0.15, 0.2) is 36.5 Å². The maximum atomic E-state index is 13.6. The second kappa shape index (κ2) is 8.64. The Morgan fingerprint density at radius 1 is 1.07 bits per heavy atom. The van der Waals surface area contributed by atoms with Crippen molar-refractivity contribution in [1.29, 1.82) is 0 Å². The van der Waals surface area contributed by atoms with Crippen molar-refractivity contribution in [3.8, 4) is 0 Å².